The average molecular weight is 217 g/mol. The second-order valence-electron chi connectivity index (χ2n) is 4.55. The van der Waals surface area contributed by atoms with Gasteiger partial charge in [-0.05, 0) is 43.4 Å². The first-order valence-electron chi connectivity index (χ1n) is 5.78. The van der Waals surface area contributed by atoms with Gasteiger partial charge in [-0.1, -0.05) is 18.2 Å². The molecule has 1 aliphatic rings. The van der Waals surface area contributed by atoms with E-state index in [0.29, 0.717) is 6.04 Å². The number of nitrogens with zero attached hydrogens (tertiary/aromatic N) is 1. The van der Waals surface area contributed by atoms with Crippen LogP contribution in [-0.4, -0.2) is 11.9 Å². The molecule has 0 atom stereocenters. The number of aryl methyl sites for hydroxylation is 2. The van der Waals surface area contributed by atoms with Gasteiger partial charge in [0.2, 0.25) is 0 Å². The zero-order valence-electron chi connectivity index (χ0n) is 9.96. The van der Waals surface area contributed by atoms with Gasteiger partial charge >= 0.3 is 0 Å². The highest BCUT2D eigenvalue weighted by Gasteiger charge is 2.20. The molecule has 0 spiro atoms. The van der Waals surface area contributed by atoms with Gasteiger partial charge in [-0.2, -0.15) is 0 Å². The Morgan fingerprint density at radius 1 is 1.38 bits per heavy atom. The molecular formula is C13H19N3. The van der Waals surface area contributed by atoms with E-state index in [0.717, 1.165) is 12.3 Å². The van der Waals surface area contributed by atoms with Gasteiger partial charge in [0.25, 0.3) is 0 Å². The summed E-state index contributed by atoms with van der Waals surface area (Å²) in [6.07, 6.45) is 3.21. The van der Waals surface area contributed by atoms with Gasteiger partial charge in [0.05, 0.1) is 6.04 Å². The Bertz CT molecular complexity index is 406. The normalized spacial score (nSPS) is 16.3. The maximum Gasteiger partial charge on any atom is 0.115 e. The summed E-state index contributed by atoms with van der Waals surface area (Å²) in [5.41, 5.74) is 6.61. The molecule has 1 aromatic carbocycles. The van der Waals surface area contributed by atoms with Crippen molar-refractivity contribution in [3.63, 3.8) is 0 Å². The van der Waals surface area contributed by atoms with E-state index in [-0.39, 0.29) is 0 Å². The van der Waals surface area contributed by atoms with E-state index in [1.54, 1.807) is 0 Å². The molecule has 0 aromatic heterocycles. The first kappa shape index (κ1) is 11.1. The van der Waals surface area contributed by atoms with Crippen LogP contribution >= 0.6 is 0 Å². The van der Waals surface area contributed by atoms with Crippen molar-refractivity contribution >= 4 is 5.84 Å². The zero-order valence-corrected chi connectivity index (χ0v) is 9.96. The minimum absolute atomic E-state index is 0.512. The van der Waals surface area contributed by atoms with Crippen LogP contribution in [0.1, 0.15) is 29.5 Å². The van der Waals surface area contributed by atoms with Crippen molar-refractivity contribution in [2.24, 2.45) is 10.8 Å². The van der Waals surface area contributed by atoms with Crippen LogP contribution in [0.2, 0.25) is 0 Å². The molecule has 1 fully saturated rings. The molecule has 2 rings (SSSR count). The van der Waals surface area contributed by atoms with Crippen molar-refractivity contribution in [2.45, 2.75) is 39.2 Å². The van der Waals surface area contributed by atoms with E-state index in [4.69, 9.17) is 5.84 Å². The molecule has 16 heavy (non-hydrogen) atoms. The second kappa shape index (κ2) is 4.66. The van der Waals surface area contributed by atoms with Gasteiger partial charge < -0.3 is 5.43 Å². The number of aliphatic imine (C=N–C) groups is 1. The fourth-order valence-electron chi connectivity index (χ4n) is 1.66. The largest absolute Gasteiger partial charge is 0.312 e. The van der Waals surface area contributed by atoms with Crippen LogP contribution in [0.4, 0.5) is 0 Å². The topological polar surface area (TPSA) is 50.4 Å². The number of hydrazine groups is 1. The van der Waals surface area contributed by atoms with Crippen LogP contribution in [0.15, 0.2) is 23.2 Å². The van der Waals surface area contributed by atoms with Gasteiger partial charge in [0.15, 0.2) is 0 Å². The predicted octanol–water partition coefficient (Wildman–Crippen LogP) is 1.87. The number of rotatable bonds is 3. The third-order valence-corrected chi connectivity index (χ3v) is 2.99. The van der Waals surface area contributed by atoms with E-state index in [2.05, 4.69) is 42.5 Å². The van der Waals surface area contributed by atoms with Crippen LogP contribution in [0.5, 0.6) is 0 Å². The Morgan fingerprint density at radius 2 is 2.12 bits per heavy atom. The molecular weight excluding hydrogens is 198 g/mol. The third-order valence-electron chi connectivity index (χ3n) is 2.99. The number of nitrogens with one attached hydrogen (secondary N) is 1. The van der Waals surface area contributed by atoms with Crippen molar-refractivity contribution in [1.29, 1.82) is 0 Å². The summed E-state index contributed by atoms with van der Waals surface area (Å²) in [7, 11) is 0. The van der Waals surface area contributed by atoms with Crippen molar-refractivity contribution in [3.8, 4) is 0 Å². The van der Waals surface area contributed by atoms with Crippen LogP contribution in [0.25, 0.3) is 0 Å². The summed E-state index contributed by atoms with van der Waals surface area (Å²) in [5, 5.41) is 0. The first-order chi connectivity index (χ1) is 7.69. The quantitative estimate of drug-likeness (QED) is 0.351. The summed E-state index contributed by atoms with van der Waals surface area (Å²) >= 11 is 0. The Balaban J connectivity index is 2.09. The van der Waals surface area contributed by atoms with E-state index < -0.39 is 0 Å². The Hall–Kier alpha value is -1.35. The van der Waals surface area contributed by atoms with Gasteiger partial charge in [0, 0.05) is 6.42 Å². The zero-order chi connectivity index (χ0) is 11.5. The lowest BCUT2D eigenvalue weighted by Gasteiger charge is -2.07. The molecule has 1 aromatic rings. The minimum Gasteiger partial charge on any atom is -0.312 e. The highest BCUT2D eigenvalue weighted by molar-refractivity contribution is 5.84. The summed E-state index contributed by atoms with van der Waals surface area (Å²) in [6, 6.07) is 7.00. The Kier molecular flexibility index (Phi) is 3.25. The smallest absolute Gasteiger partial charge is 0.115 e. The standard InChI is InChI=1S/C13H19N3/c1-9-3-4-11(7-10(9)2)8-13(16-14)15-12-5-6-12/h3-4,7,12H,5-6,8,14H2,1-2H3,(H,15,16). The van der Waals surface area contributed by atoms with Gasteiger partial charge in [-0.15, -0.1) is 0 Å². The molecule has 1 saturated carbocycles. The molecule has 3 N–H and O–H groups in total. The van der Waals surface area contributed by atoms with Gasteiger partial charge in [-0.25, -0.2) is 5.84 Å². The fourth-order valence-corrected chi connectivity index (χ4v) is 1.66. The summed E-state index contributed by atoms with van der Waals surface area (Å²) in [6.45, 7) is 4.26. The maximum atomic E-state index is 5.48. The third kappa shape index (κ3) is 2.83. The summed E-state index contributed by atoms with van der Waals surface area (Å²) in [4.78, 5) is 4.53. The lowest BCUT2D eigenvalue weighted by atomic mass is 10.0. The van der Waals surface area contributed by atoms with Gasteiger partial charge in [-0.3, -0.25) is 4.99 Å². The van der Waals surface area contributed by atoms with E-state index in [1.165, 1.54) is 29.5 Å². The lowest BCUT2D eigenvalue weighted by Crippen LogP contribution is -2.32. The fraction of sp³-hybridized carbons (Fsp3) is 0.462. The highest BCUT2D eigenvalue weighted by atomic mass is 15.3. The monoisotopic (exact) mass is 217 g/mol. The number of benzene rings is 1. The molecule has 0 amide bonds. The molecule has 0 radical (unpaired) electrons. The summed E-state index contributed by atoms with van der Waals surface area (Å²) < 4.78 is 0. The molecule has 0 saturated heterocycles. The molecule has 0 aliphatic heterocycles. The first-order valence-corrected chi connectivity index (χ1v) is 5.78. The SMILES string of the molecule is Cc1ccc(CC(=NC2CC2)NN)cc1C. The van der Waals surface area contributed by atoms with E-state index >= 15 is 0 Å². The predicted molar refractivity (Wildman–Crippen MR) is 67.4 cm³/mol. The average Bonchev–Trinajstić information content (AvgIpc) is 3.06. The maximum absolute atomic E-state index is 5.48. The van der Waals surface area contributed by atoms with Crippen molar-refractivity contribution < 1.29 is 0 Å². The van der Waals surface area contributed by atoms with Crippen LogP contribution in [-0.2, 0) is 6.42 Å². The van der Waals surface area contributed by atoms with Gasteiger partial charge in [0.1, 0.15) is 5.84 Å². The second-order valence-corrected chi connectivity index (χ2v) is 4.55. The van der Waals surface area contributed by atoms with Crippen molar-refractivity contribution in [3.05, 3.63) is 34.9 Å². The minimum atomic E-state index is 0.512. The highest BCUT2D eigenvalue weighted by Crippen LogP contribution is 2.23. The molecule has 3 heteroatoms. The molecule has 0 heterocycles. The van der Waals surface area contributed by atoms with E-state index in [1.807, 2.05) is 0 Å². The number of hydrogen-bond acceptors (Lipinski definition) is 2. The van der Waals surface area contributed by atoms with Crippen molar-refractivity contribution in [2.75, 3.05) is 0 Å². The number of hydrogen-bond donors (Lipinski definition) is 2. The Labute approximate surface area is 96.7 Å². The molecule has 0 unspecified atom stereocenters. The molecule has 86 valence electrons. The number of amidine groups is 1. The lowest BCUT2D eigenvalue weighted by molar-refractivity contribution is 0.940. The number of nitrogens with two attached hydrogens (primary N) is 1. The van der Waals surface area contributed by atoms with Crippen LogP contribution < -0.4 is 11.3 Å². The molecule has 1 aliphatic carbocycles. The summed E-state index contributed by atoms with van der Waals surface area (Å²) in [5.74, 6) is 6.38. The van der Waals surface area contributed by atoms with E-state index in [9.17, 15) is 0 Å². The van der Waals surface area contributed by atoms with Crippen molar-refractivity contribution in [1.82, 2.24) is 5.43 Å². The van der Waals surface area contributed by atoms with Crippen LogP contribution in [0, 0.1) is 13.8 Å². The molecule has 0 bridgehead atoms. The molecule has 3 nitrogen and oxygen atoms in total. The van der Waals surface area contributed by atoms with Crippen LogP contribution in [0.3, 0.4) is 0 Å². The Morgan fingerprint density at radius 3 is 2.69 bits per heavy atom.